The molecule has 1 atom stereocenters. The Morgan fingerprint density at radius 3 is 2.71 bits per heavy atom. The van der Waals surface area contributed by atoms with Gasteiger partial charge in [0.25, 0.3) is 0 Å². The predicted molar refractivity (Wildman–Crippen MR) is 60.9 cm³/mol. The van der Waals surface area contributed by atoms with Gasteiger partial charge in [-0.25, -0.2) is 4.39 Å². The van der Waals surface area contributed by atoms with Crippen LogP contribution in [-0.2, 0) is 6.42 Å². The average Bonchev–Trinajstić information content (AvgIpc) is 2.01. The first kappa shape index (κ1) is 11.7. The minimum atomic E-state index is -0.182. The minimum Gasteiger partial charge on any atom is -0.314 e. The molecule has 0 aliphatic carbocycles. The minimum absolute atomic E-state index is 0.182. The molecule has 0 heterocycles. The first-order valence-corrected chi connectivity index (χ1v) is 5.59. The van der Waals surface area contributed by atoms with E-state index in [1.54, 1.807) is 6.07 Å². The maximum Gasteiger partial charge on any atom is 0.124 e. The summed E-state index contributed by atoms with van der Waals surface area (Å²) in [5.74, 6) is -0.182. The topological polar surface area (TPSA) is 12.0 Å². The summed E-state index contributed by atoms with van der Waals surface area (Å²) in [7, 11) is 0. The van der Waals surface area contributed by atoms with Gasteiger partial charge in [-0.2, -0.15) is 0 Å². The lowest BCUT2D eigenvalue weighted by molar-refractivity contribution is 0.561. The summed E-state index contributed by atoms with van der Waals surface area (Å²) in [6, 6.07) is 5.39. The monoisotopic (exact) mass is 259 g/mol. The van der Waals surface area contributed by atoms with Crippen LogP contribution in [0.15, 0.2) is 22.7 Å². The van der Waals surface area contributed by atoms with Gasteiger partial charge in [-0.3, -0.25) is 0 Å². The van der Waals surface area contributed by atoms with Gasteiger partial charge in [-0.15, -0.1) is 0 Å². The third-order valence-corrected chi connectivity index (χ3v) is 2.47. The lowest BCUT2D eigenvalue weighted by Gasteiger charge is -2.12. The summed E-state index contributed by atoms with van der Waals surface area (Å²) in [4.78, 5) is 0. The summed E-state index contributed by atoms with van der Waals surface area (Å²) >= 11 is 3.28. The molecule has 0 amide bonds. The van der Waals surface area contributed by atoms with Crippen molar-refractivity contribution in [2.75, 3.05) is 6.54 Å². The van der Waals surface area contributed by atoms with Gasteiger partial charge in [0, 0.05) is 10.5 Å². The van der Waals surface area contributed by atoms with Crippen molar-refractivity contribution in [1.82, 2.24) is 5.32 Å². The molecule has 0 fully saturated rings. The van der Waals surface area contributed by atoms with Gasteiger partial charge in [-0.05, 0) is 43.7 Å². The Balaban J connectivity index is 2.66. The zero-order chi connectivity index (χ0) is 10.6. The summed E-state index contributed by atoms with van der Waals surface area (Å²) in [6.07, 6.45) is 0.851. The number of rotatable bonds is 4. The van der Waals surface area contributed by atoms with Crippen molar-refractivity contribution >= 4 is 15.9 Å². The largest absolute Gasteiger partial charge is 0.314 e. The molecule has 0 saturated heterocycles. The fourth-order valence-electron chi connectivity index (χ4n) is 1.50. The van der Waals surface area contributed by atoms with Crippen LogP contribution in [0.4, 0.5) is 4.39 Å². The molecule has 0 saturated carbocycles. The van der Waals surface area contributed by atoms with Gasteiger partial charge >= 0.3 is 0 Å². The zero-order valence-corrected chi connectivity index (χ0v) is 10.1. The number of benzene rings is 1. The highest BCUT2D eigenvalue weighted by molar-refractivity contribution is 9.10. The second-order valence-corrected chi connectivity index (χ2v) is 4.36. The number of hydrogen-bond acceptors (Lipinski definition) is 1. The van der Waals surface area contributed by atoms with Gasteiger partial charge in [0.15, 0.2) is 0 Å². The maximum absolute atomic E-state index is 13.0. The molecule has 3 heteroatoms. The highest BCUT2D eigenvalue weighted by atomic mass is 79.9. The molecule has 1 unspecified atom stereocenters. The smallest absolute Gasteiger partial charge is 0.124 e. The molecule has 1 N–H and O–H groups in total. The molecule has 0 spiro atoms. The van der Waals surface area contributed by atoms with E-state index in [0.717, 1.165) is 23.0 Å². The first-order valence-electron chi connectivity index (χ1n) is 4.80. The Kier molecular flexibility index (Phi) is 4.55. The van der Waals surface area contributed by atoms with Crippen molar-refractivity contribution in [3.05, 3.63) is 34.1 Å². The van der Waals surface area contributed by atoms with Gasteiger partial charge in [0.2, 0.25) is 0 Å². The van der Waals surface area contributed by atoms with Crippen LogP contribution in [0, 0.1) is 5.82 Å². The number of hydrogen-bond donors (Lipinski definition) is 1. The van der Waals surface area contributed by atoms with Crippen molar-refractivity contribution in [3.63, 3.8) is 0 Å². The zero-order valence-electron chi connectivity index (χ0n) is 8.48. The molecule has 0 aliphatic rings. The van der Waals surface area contributed by atoms with Crippen LogP contribution in [0.25, 0.3) is 0 Å². The van der Waals surface area contributed by atoms with E-state index in [2.05, 4.69) is 35.1 Å². The Hall–Kier alpha value is -0.410. The van der Waals surface area contributed by atoms with Crippen LogP contribution in [0.3, 0.4) is 0 Å². The molecule has 1 aromatic rings. The van der Waals surface area contributed by atoms with Crippen LogP contribution in [0.2, 0.25) is 0 Å². The Morgan fingerprint density at radius 2 is 2.14 bits per heavy atom. The molecular formula is C11H15BrFN. The fraction of sp³-hybridized carbons (Fsp3) is 0.455. The van der Waals surface area contributed by atoms with E-state index in [9.17, 15) is 4.39 Å². The summed E-state index contributed by atoms with van der Waals surface area (Å²) in [5, 5.41) is 3.30. The van der Waals surface area contributed by atoms with E-state index in [4.69, 9.17) is 0 Å². The Morgan fingerprint density at radius 1 is 1.43 bits per heavy atom. The Labute approximate surface area is 92.8 Å². The fourth-order valence-corrected chi connectivity index (χ4v) is 2.02. The third-order valence-electron chi connectivity index (χ3n) is 2.02. The SMILES string of the molecule is CCNC(C)Cc1cc(F)cc(Br)c1. The standard InChI is InChI=1S/C11H15BrFN/c1-3-14-8(2)4-9-5-10(12)7-11(13)6-9/h5-8,14H,3-4H2,1-2H3. The molecule has 1 nitrogen and oxygen atoms in total. The second kappa shape index (κ2) is 5.47. The summed E-state index contributed by atoms with van der Waals surface area (Å²) in [5.41, 5.74) is 1.02. The molecule has 0 radical (unpaired) electrons. The molecule has 0 bridgehead atoms. The molecule has 0 aromatic heterocycles. The van der Waals surface area contributed by atoms with Gasteiger partial charge in [0.05, 0.1) is 0 Å². The molecule has 78 valence electrons. The molecule has 14 heavy (non-hydrogen) atoms. The van der Waals surface area contributed by atoms with Crippen LogP contribution in [0.1, 0.15) is 19.4 Å². The normalized spacial score (nSPS) is 12.9. The van der Waals surface area contributed by atoms with Crippen LogP contribution in [0.5, 0.6) is 0 Å². The number of nitrogens with one attached hydrogen (secondary N) is 1. The third kappa shape index (κ3) is 3.76. The second-order valence-electron chi connectivity index (χ2n) is 3.44. The molecule has 1 aromatic carbocycles. The van der Waals surface area contributed by atoms with Crippen LogP contribution >= 0.6 is 15.9 Å². The first-order chi connectivity index (χ1) is 6.61. The number of likely N-dealkylation sites (N-methyl/N-ethyl adjacent to an activating group) is 1. The summed E-state index contributed by atoms with van der Waals surface area (Å²) < 4.78 is 13.8. The molecule has 0 aliphatic heterocycles. The van der Waals surface area contributed by atoms with Gasteiger partial charge < -0.3 is 5.32 Å². The van der Waals surface area contributed by atoms with E-state index in [1.165, 1.54) is 6.07 Å². The van der Waals surface area contributed by atoms with Gasteiger partial charge in [-0.1, -0.05) is 22.9 Å². The highest BCUT2D eigenvalue weighted by Gasteiger charge is 2.04. The van der Waals surface area contributed by atoms with E-state index in [0.29, 0.717) is 6.04 Å². The maximum atomic E-state index is 13.0. The molecular weight excluding hydrogens is 245 g/mol. The van der Waals surface area contributed by atoms with Crippen molar-refractivity contribution < 1.29 is 4.39 Å². The molecule has 1 rings (SSSR count). The van der Waals surface area contributed by atoms with E-state index in [-0.39, 0.29) is 5.82 Å². The van der Waals surface area contributed by atoms with E-state index >= 15 is 0 Å². The van der Waals surface area contributed by atoms with Crippen molar-refractivity contribution in [1.29, 1.82) is 0 Å². The average molecular weight is 260 g/mol. The lowest BCUT2D eigenvalue weighted by Crippen LogP contribution is -2.27. The van der Waals surface area contributed by atoms with E-state index in [1.807, 2.05) is 6.07 Å². The van der Waals surface area contributed by atoms with Crippen LogP contribution in [-0.4, -0.2) is 12.6 Å². The van der Waals surface area contributed by atoms with E-state index < -0.39 is 0 Å². The van der Waals surface area contributed by atoms with Gasteiger partial charge in [0.1, 0.15) is 5.82 Å². The van der Waals surface area contributed by atoms with Crippen molar-refractivity contribution in [2.45, 2.75) is 26.3 Å². The van der Waals surface area contributed by atoms with Crippen LogP contribution < -0.4 is 5.32 Å². The summed E-state index contributed by atoms with van der Waals surface area (Å²) in [6.45, 7) is 5.11. The number of halogens is 2. The lowest BCUT2D eigenvalue weighted by atomic mass is 10.1. The van der Waals surface area contributed by atoms with Crippen molar-refractivity contribution in [3.8, 4) is 0 Å². The Bertz CT molecular complexity index is 281. The quantitative estimate of drug-likeness (QED) is 0.877. The predicted octanol–water partition coefficient (Wildman–Crippen LogP) is 3.13. The van der Waals surface area contributed by atoms with Crippen molar-refractivity contribution in [2.24, 2.45) is 0 Å². The highest BCUT2D eigenvalue weighted by Crippen LogP contribution is 2.16.